The van der Waals surface area contributed by atoms with Crippen LogP contribution >= 0.6 is 0 Å². The van der Waals surface area contributed by atoms with Crippen molar-refractivity contribution < 1.29 is 9.53 Å². The van der Waals surface area contributed by atoms with Gasteiger partial charge in [-0.25, -0.2) is 4.98 Å². The van der Waals surface area contributed by atoms with E-state index in [9.17, 15) is 4.79 Å². The van der Waals surface area contributed by atoms with Gasteiger partial charge in [0.1, 0.15) is 12.4 Å². The van der Waals surface area contributed by atoms with E-state index in [4.69, 9.17) is 14.7 Å². The summed E-state index contributed by atoms with van der Waals surface area (Å²) in [6, 6.07) is 20.4. The first-order chi connectivity index (χ1) is 23.1. The van der Waals surface area contributed by atoms with Crippen LogP contribution in [0.4, 0.5) is 23.0 Å². The lowest BCUT2D eigenvalue weighted by Gasteiger charge is -2.34. The van der Waals surface area contributed by atoms with Gasteiger partial charge in [0.25, 0.3) is 0 Å². The molecular formula is C37H50N8O2Si. The normalized spacial score (nSPS) is 16.3. The molecule has 48 heavy (non-hydrogen) atoms. The molecule has 0 atom stereocenters. The van der Waals surface area contributed by atoms with Gasteiger partial charge in [0.2, 0.25) is 11.9 Å². The fourth-order valence-corrected chi connectivity index (χ4v) is 7.09. The standard InChI is InChI=1S/C37H50N8O2Si/c1-6-35(46)40-32-9-7-8-31(25-32)39-30-14-16-44(17-15-30)37-38-26-29-24-34(45(36(29)41-37)27-47-22-23-48(3,4)5)28-10-12-33(13-11-28)43-20-18-42(2)19-21-43/h6-13,24-26,30,39H,1,14-23,27H2,2-5H3,(H,40,46). The minimum atomic E-state index is -1.21. The molecule has 0 spiro atoms. The molecular weight excluding hydrogens is 617 g/mol. The van der Waals surface area contributed by atoms with Gasteiger partial charge in [0.15, 0.2) is 0 Å². The third kappa shape index (κ3) is 8.44. The number of piperazine rings is 1. The largest absolute Gasteiger partial charge is 0.382 e. The quantitative estimate of drug-likeness (QED) is 0.103. The number of carbonyl (C=O) groups excluding carboxylic acids is 1. The van der Waals surface area contributed by atoms with E-state index in [0.29, 0.717) is 12.8 Å². The zero-order chi connectivity index (χ0) is 33.7. The van der Waals surface area contributed by atoms with Crippen molar-refractivity contribution in [2.45, 2.75) is 51.3 Å². The molecule has 6 rings (SSSR count). The number of hydrogen-bond acceptors (Lipinski definition) is 8. The lowest BCUT2D eigenvalue weighted by atomic mass is 10.0. The Hall–Kier alpha value is -4.19. The number of aromatic nitrogens is 3. The van der Waals surface area contributed by atoms with Gasteiger partial charge in [-0.2, -0.15) is 4.98 Å². The first kappa shape index (κ1) is 33.7. The highest BCUT2D eigenvalue weighted by Crippen LogP contribution is 2.31. The van der Waals surface area contributed by atoms with Gasteiger partial charge < -0.3 is 34.6 Å². The number of hydrogen-bond donors (Lipinski definition) is 2. The first-order valence-corrected chi connectivity index (χ1v) is 20.9. The van der Waals surface area contributed by atoms with Crippen molar-refractivity contribution in [3.05, 3.63) is 73.4 Å². The summed E-state index contributed by atoms with van der Waals surface area (Å²) in [7, 11) is 0.979. The molecule has 0 saturated carbocycles. The Balaban J connectivity index is 1.17. The van der Waals surface area contributed by atoms with Crippen LogP contribution in [0, 0.1) is 0 Å². The van der Waals surface area contributed by atoms with Crippen LogP contribution in [0.25, 0.3) is 22.3 Å². The molecule has 2 N–H and O–H groups in total. The van der Waals surface area contributed by atoms with Crippen LogP contribution in [-0.2, 0) is 16.3 Å². The zero-order valence-corrected chi connectivity index (χ0v) is 29.9. The van der Waals surface area contributed by atoms with Gasteiger partial charge in [-0.3, -0.25) is 4.79 Å². The highest BCUT2D eigenvalue weighted by molar-refractivity contribution is 6.76. The SMILES string of the molecule is C=CC(=O)Nc1cccc(NC2CCN(c3ncc4cc(-c5ccc(N6CCN(C)CC6)cc5)n(COCC[Si](C)(C)C)c4n3)CC2)c1. The Bertz CT molecular complexity index is 1700. The molecule has 2 aromatic heterocycles. The predicted molar refractivity (Wildman–Crippen MR) is 201 cm³/mol. The average Bonchev–Trinajstić information content (AvgIpc) is 3.45. The second-order valence-corrected chi connectivity index (χ2v) is 19.9. The molecule has 254 valence electrons. The molecule has 2 saturated heterocycles. The minimum absolute atomic E-state index is 0.215. The van der Waals surface area contributed by atoms with Gasteiger partial charge in [-0.05, 0) is 74.0 Å². The summed E-state index contributed by atoms with van der Waals surface area (Å²) in [6.45, 7) is 17.9. The summed E-state index contributed by atoms with van der Waals surface area (Å²) in [4.78, 5) is 28.8. The van der Waals surface area contributed by atoms with Gasteiger partial charge in [0.05, 0.1) is 5.69 Å². The molecule has 2 aliphatic heterocycles. The lowest BCUT2D eigenvalue weighted by Crippen LogP contribution is -2.44. The number of rotatable bonds is 12. The van der Waals surface area contributed by atoms with E-state index < -0.39 is 8.07 Å². The third-order valence-electron chi connectivity index (χ3n) is 9.33. The average molecular weight is 667 g/mol. The van der Waals surface area contributed by atoms with Crippen LogP contribution in [0.1, 0.15) is 12.8 Å². The van der Waals surface area contributed by atoms with Crippen molar-refractivity contribution in [2.75, 3.05) is 73.4 Å². The second kappa shape index (κ2) is 14.9. The highest BCUT2D eigenvalue weighted by atomic mass is 28.3. The van der Waals surface area contributed by atoms with E-state index in [-0.39, 0.29) is 5.91 Å². The summed E-state index contributed by atoms with van der Waals surface area (Å²) >= 11 is 0. The van der Waals surface area contributed by atoms with Crippen molar-refractivity contribution in [1.29, 1.82) is 0 Å². The van der Waals surface area contributed by atoms with E-state index in [0.717, 1.165) is 104 Å². The fourth-order valence-electron chi connectivity index (χ4n) is 6.33. The Labute approximate surface area is 285 Å². The molecule has 4 heterocycles. The number of piperidine rings is 1. The number of nitrogens with one attached hydrogen (secondary N) is 2. The van der Waals surface area contributed by atoms with Crippen LogP contribution in [0.3, 0.4) is 0 Å². The van der Waals surface area contributed by atoms with Crippen molar-refractivity contribution in [3.8, 4) is 11.3 Å². The Morgan fingerprint density at radius 2 is 1.71 bits per heavy atom. The molecule has 11 heteroatoms. The molecule has 2 fully saturated rings. The van der Waals surface area contributed by atoms with Gasteiger partial charge in [-0.1, -0.05) is 44.4 Å². The van der Waals surface area contributed by atoms with E-state index in [1.165, 1.54) is 11.8 Å². The monoisotopic (exact) mass is 666 g/mol. The highest BCUT2D eigenvalue weighted by Gasteiger charge is 2.23. The maximum Gasteiger partial charge on any atom is 0.247 e. The molecule has 10 nitrogen and oxygen atoms in total. The van der Waals surface area contributed by atoms with Crippen molar-refractivity contribution >= 4 is 48.0 Å². The van der Waals surface area contributed by atoms with Crippen LogP contribution in [0.15, 0.2) is 73.4 Å². The predicted octanol–water partition coefficient (Wildman–Crippen LogP) is 6.37. The summed E-state index contributed by atoms with van der Waals surface area (Å²) in [6.07, 6.45) is 5.15. The number of ether oxygens (including phenoxy) is 1. The molecule has 1 amide bonds. The number of nitrogens with zero attached hydrogens (tertiary/aromatic N) is 6. The smallest absolute Gasteiger partial charge is 0.247 e. The van der Waals surface area contributed by atoms with Gasteiger partial charge >= 0.3 is 0 Å². The maximum atomic E-state index is 11.7. The number of fused-ring (bicyclic) bond motifs is 1. The van der Waals surface area contributed by atoms with E-state index in [1.54, 1.807) is 0 Å². The molecule has 2 aliphatic rings. The molecule has 4 aromatic rings. The summed E-state index contributed by atoms with van der Waals surface area (Å²) in [5.74, 6) is 0.543. The van der Waals surface area contributed by atoms with Gasteiger partial charge in [0, 0.05) is 88.6 Å². The Morgan fingerprint density at radius 3 is 2.42 bits per heavy atom. The summed E-state index contributed by atoms with van der Waals surface area (Å²) in [5, 5.41) is 7.50. The maximum absolute atomic E-state index is 11.7. The van der Waals surface area contributed by atoms with E-state index in [1.807, 2.05) is 30.5 Å². The first-order valence-electron chi connectivity index (χ1n) is 17.2. The molecule has 0 aliphatic carbocycles. The van der Waals surface area contributed by atoms with Crippen LogP contribution in [0.5, 0.6) is 0 Å². The number of anilines is 4. The van der Waals surface area contributed by atoms with Crippen LogP contribution in [-0.4, -0.2) is 92.4 Å². The third-order valence-corrected chi connectivity index (χ3v) is 11.0. The number of benzene rings is 2. The zero-order valence-electron chi connectivity index (χ0n) is 28.9. The Morgan fingerprint density at radius 1 is 0.979 bits per heavy atom. The number of likely N-dealkylation sites (N-methyl/N-ethyl adjacent to an activating group) is 1. The topological polar surface area (TPSA) is 90.8 Å². The summed E-state index contributed by atoms with van der Waals surface area (Å²) < 4.78 is 8.54. The molecule has 2 aromatic carbocycles. The van der Waals surface area contributed by atoms with E-state index in [2.05, 4.69) is 93.5 Å². The van der Waals surface area contributed by atoms with Crippen molar-refractivity contribution in [1.82, 2.24) is 19.4 Å². The van der Waals surface area contributed by atoms with Crippen molar-refractivity contribution in [3.63, 3.8) is 0 Å². The Kier molecular flexibility index (Phi) is 10.5. The number of carbonyl (C=O) groups is 1. The molecule has 0 bridgehead atoms. The minimum Gasteiger partial charge on any atom is -0.382 e. The molecule has 0 unspecified atom stereocenters. The molecule has 0 radical (unpaired) electrons. The fraction of sp³-hybridized carbons (Fsp3) is 0.432. The lowest BCUT2D eigenvalue weighted by molar-refractivity contribution is -0.111. The van der Waals surface area contributed by atoms with E-state index >= 15 is 0 Å². The van der Waals surface area contributed by atoms with Gasteiger partial charge in [-0.15, -0.1) is 0 Å². The van der Waals surface area contributed by atoms with Crippen LogP contribution in [0.2, 0.25) is 25.7 Å². The van der Waals surface area contributed by atoms with Crippen LogP contribution < -0.4 is 20.4 Å². The number of amides is 1. The second-order valence-electron chi connectivity index (χ2n) is 14.3. The summed E-state index contributed by atoms with van der Waals surface area (Å²) in [5.41, 5.74) is 6.17. The van der Waals surface area contributed by atoms with Crippen molar-refractivity contribution in [2.24, 2.45) is 0 Å².